The van der Waals surface area contributed by atoms with Gasteiger partial charge in [0.25, 0.3) is 0 Å². The summed E-state index contributed by atoms with van der Waals surface area (Å²) in [4.78, 5) is 10.2. The molecule has 0 unspecified atom stereocenters. The summed E-state index contributed by atoms with van der Waals surface area (Å²) in [6, 6.07) is 0. The Morgan fingerprint density at radius 3 is 2.25 bits per heavy atom. The lowest BCUT2D eigenvalue weighted by molar-refractivity contribution is -0.137. The van der Waals surface area contributed by atoms with E-state index >= 15 is 0 Å². The van der Waals surface area contributed by atoms with Crippen LogP contribution < -0.4 is 0 Å². The highest BCUT2D eigenvalue weighted by Gasteiger charge is 1.95. The number of carboxylic acid groups (broad SMARTS) is 1. The van der Waals surface area contributed by atoms with Gasteiger partial charge < -0.3 is 5.11 Å². The van der Waals surface area contributed by atoms with E-state index in [1.54, 1.807) is 0 Å². The van der Waals surface area contributed by atoms with E-state index in [9.17, 15) is 4.79 Å². The molecule has 0 aliphatic heterocycles. The monoisotopic (exact) mass is 224 g/mol. The number of rotatable bonds is 10. The molecule has 0 saturated heterocycles. The Balaban J connectivity index is 3.17. The van der Waals surface area contributed by atoms with Gasteiger partial charge in [0.15, 0.2) is 0 Å². The molecule has 2 nitrogen and oxygen atoms in total. The molecule has 0 rings (SSSR count). The van der Waals surface area contributed by atoms with Gasteiger partial charge in [-0.15, -0.1) is 0 Å². The summed E-state index contributed by atoms with van der Waals surface area (Å²) in [5.74, 6) is -0.680. The Labute approximate surface area is 99.1 Å². The first-order valence-corrected chi connectivity index (χ1v) is 6.30. The minimum atomic E-state index is -0.680. The zero-order valence-electron chi connectivity index (χ0n) is 10.3. The molecule has 0 aromatic carbocycles. The topological polar surface area (TPSA) is 37.3 Å². The van der Waals surface area contributed by atoms with Crippen molar-refractivity contribution in [2.75, 3.05) is 0 Å². The number of allylic oxidation sites excluding steroid dienone is 4. The van der Waals surface area contributed by atoms with Gasteiger partial charge >= 0.3 is 5.97 Å². The smallest absolute Gasteiger partial charge is 0.303 e. The fraction of sp³-hybridized carbons (Fsp3) is 0.643. The lowest BCUT2D eigenvalue weighted by Crippen LogP contribution is -1.93. The molecule has 0 amide bonds. The van der Waals surface area contributed by atoms with Crippen LogP contribution in [0.15, 0.2) is 24.3 Å². The van der Waals surface area contributed by atoms with Gasteiger partial charge in [-0.25, -0.2) is 0 Å². The van der Waals surface area contributed by atoms with Gasteiger partial charge in [0.2, 0.25) is 0 Å². The van der Waals surface area contributed by atoms with E-state index in [2.05, 4.69) is 31.2 Å². The summed E-state index contributed by atoms with van der Waals surface area (Å²) in [6.07, 6.45) is 16.5. The maximum Gasteiger partial charge on any atom is 0.303 e. The van der Waals surface area contributed by atoms with Crippen LogP contribution in [-0.4, -0.2) is 11.1 Å². The van der Waals surface area contributed by atoms with Crippen LogP contribution in [0.3, 0.4) is 0 Å². The van der Waals surface area contributed by atoms with Crippen LogP contribution in [-0.2, 0) is 4.79 Å². The molecule has 0 heterocycles. The average Bonchev–Trinajstić information content (AvgIpc) is 2.25. The van der Waals surface area contributed by atoms with Crippen molar-refractivity contribution in [1.82, 2.24) is 0 Å². The SMILES string of the molecule is CCCC=CC=CCCCCCCC(=O)O. The van der Waals surface area contributed by atoms with Gasteiger partial charge in [0.05, 0.1) is 0 Å². The fourth-order valence-corrected chi connectivity index (χ4v) is 1.41. The van der Waals surface area contributed by atoms with Crippen LogP contribution in [0.2, 0.25) is 0 Å². The second-order valence-corrected chi connectivity index (χ2v) is 3.99. The van der Waals surface area contributed by atoms with Crippen LogP contribution in [0.1, 0.15) is 58.3 Å². The Kier molecular flexibility index (Phi) is 11.2. The maximum absolute atomic E-state index is 10.2. The highest BCUT2D eigenvalue weighted by molar-refractivity contribution is 5.66. The summed E-state index contributed by atoms with van der Waals surface area (Å²) >= 11 is 0. The summed E-state index contributed by atoms with van der Waals surface area (Å²) in [6.45, 7) is 2.17. The van der Waals surface area contributed by atoms with E-state index in [4.69, 9.17) is 5.11 Å². The first-order chi connectivity index (χ1) is 7.77. The van der Waals surface area contributed by atoms with E-state index in [-0.39, 0.29) is 0 Å². The standard InChI is InChI=1S/C14H24O2/c1-2-3-4-5-6-7-8-9-10-11-12-13-14(15)16/h4-7H,2-3,8-13H2,1H3,(H,15,16). The van der Waals surface area contributed by atoms with Crippen molar-refractivity contribution in [3.05, 3.63) is 24.3 Å². The second-order valence-electron chi connectivity index (χ2n) is 3.99. The minimum Gasteiger partial charge on any atom is -0.481 e. The molecule has 0 atom stereocenters. The lowest BCUT2D eigenvalue weighted by Gasteiger charge is -1.96. The zero-order chi connectivity index (χ0) is 12.1. The van der Waals surface area contributed by atoms with Crippen molar-refractivity contribution in [2.45, 2.75) is 58.3 Å². The molecule has 0 saturated carbocycles. The largest absolute Gasteiger partial charge is 0.481 e. The van der Waals surface area contributed by atoms with Gasteiger partial charge in [0.1, 0.15) is 0 Å². The van der Waals surface area contributed by atoms with Gasteiger partial charge in [-0.1, -0.05) is 50.5 Å². The van der Waals surface area contributed by atoms with Gasteiger partial charge in [0, 0.05) is 6.42 Å². The molecule has 16 heavy (non-hydrogen) atoms. The van der Waals surface area contributed by atoms with E-state index in [0.717, 1.165) is 38.5 Å². The highest BCUT2D eigenvalue weighted by Crippen LogP contribution is 2.05. The summed E-state index contributed by atoms with van der Waals surface area (Å²) in [5, 5.41) is 8.44. The number of aliphatic carboxylic acids is 1. The van der Waals surface area contributed by atoms with Gasteiger partial charge in [-0.3, -0.25) is 4.79 Å². The van der Waals surface area contributed by atoms with Crippen molar-refractivity contribution in [3.63, 3.8) is 0 Å². The lowest BCUT2D eigenvalue weighted by atomic mass is 10.1. The van der Waals surface area contributed by atoms with E-state index in [1.165, 1.54) is 6.42 Å². The van der Waals surface area contributed by atoms with Crippen molar-refractivity contribution in [1.29, 1.82) is 0 Å². The molecule has 0 aromatic rings. The quantitative estimate of drug-likeness (QED) is 0.443. The van der Waals surface area contributed by atoms with E-state index in [1.807, 2.05) is 0 Å². The number of unbranched alkanes of at least 4 members (excludes halogenated alkanes) is 5. The van der Waals surface area contributed by atoms with E-state index in [0.29, 0.717) is 6.42 Å². The normalized spacial score (nSPS) is 11.6. The number of hydrogen-bond acceptors (Lipinski definition) is 1. The molecule has 0 fully saturated rings. The van der Waals surface area contributed by atoms with E-state index < -0.39 is 5.97 Å². The summed E-state index contributed by atoms with van der Waals surface area (Å²) in [7, 11) is 0. The summed E-state index contributed by atoms with van der Waals surface area (Å²) < 4.78 is 0. The molecule has 1 N–H and O–H groups in total. The third kappa shape index (κ3) is 12.9. The molecule has 0 aliphatic carbocycles. The fourth-order valence-electron chi connectivity index (χ4n) is 1.41. The molecule has 0 aromatic heterocycles. The van der Waals surface area contributed by atoms with Gasteiger partial charge in [-0.05, 0) is 25.7 Å². The predicted molar refractivity (Wildman–Crippen MR) is 68.5 cm³/mol. The molecule has 2 heteroatoms. The van der Waals surface area contributed by atoms with Crippen LogP contribution in [0.4, 0.5) is 0 Å². The average molecular weight is 224 g/mol. The van der Waals surface area contributed by atoms with Crippen molar-refractivity contribution in [2.24, 2.45) is 0 Å². The Bertz CT molecular complexity index is 217. The third-order valence-corrected chi connectivity index (χ3v) is 2.35. The minimum absolute atomic E-state index is 0.315. The van der Waals surface area contributed by atoms with Crippen LogP contribution in [0, 0.1) is 0 Å². The molecule has 0 radical (unpaired) electrons. The van der Waals surface area contributed by atoms with Crippen LogP contribution >= 0.6 is 0 Å². The zero-order valence-corrected chi connectivity index (χ0v) is 10.3. The first-order valence-electron chi connectivity index (χ1n) is 6.30. The Hall–Kier alpha value is -1.05. The molecule has 0 spiro atoms. The Morgan fingerprint density at radius 1 is 1.00 bits per heavy atom. The second kappa shape index (κ2) is 12.0. The molecule has 92 valence electrons. The predicted octanol–water partition coefficient (Wildman–Crippen LogP) is 4.32. The highest BCUT2D eigenvalue weighted by atomic mass is 16.4. The molecular weight excluding hydrogens is 200 g/mol. The molecule has 0 bridgehead atoms. The molecular formula is C14H24O2. The maximum atomic E-state index is 10.2. The Morgan fingerprint density at radius 2 is 1.62 bits per heavy atom. The number of carboxylic acids is 1. The number of hydrogen-bond donors (Lipinski definition) is 1. The van der Waals surface area contributed by atoms with Gasteiger partial charge in [-0.2, -0.15) is 0 Å². The van der Waals surface area contributed by atoms with Crippen LogP contribution in [0.5, 0.6) is 0 Å². The van der Waals surface area contributed by atoms with Crippen molar-refractivity contribution >= 4 is 5.97 Å². The summed E-state index contributed by atoms with van der Waals surface area (Å²) in [5.41, 5.74) is 0. The number of carbonyl (C=O) groups is 1. The van der Waals surface area contributed by atoms with Crippen LogP contribution in [0.25, 0.3) is 0 Å². The first kappa shape index (κ1) is 14.9. The van der Waals surface area contributed by atoms with Crippen molar-refractivity contribution in [3.8, 4) is 0 Å². The van der Waals surface area contributed by atoms with Crippen molar-refractivity contribution < 1.29 is 9.90 Å². The molecule has 0 aliphatic rings. The third-order valence-electron chi connectivity index (χ3n) is 2.35.